The van der Waals surface area contributed by atoms with E-state index in [0.717, 1.165) is 18.4 Å². The van der Waals surface area contributed by atoms with E-state index in [-0.39, 0.29) is 15.9 Å². The molecular weight excluding hydrogens is 329 g/mol. The minimum atomic E-state index is -0.569. The Morgan fingerprint density at radius 2 is 2.05 bits per heavy atom. The Labute approximate surface area is 132 Å². The molecule has 7 nitrogen and oxygen atoms in total. The summed E-state index contributed by atoms with van der Waals surface area (Å²) in [6.45, 7) is 0. The molecule has 0 aromatic carbocycles. The molecule has 4 rings (SSSR count). The molecule has 3 aromatic heterocycles. The van der Waals surface area contributed by atoms with Crippen molar-refractivity contribution >= 4 is 28.8 Å². The number of hydrogen-bond acceptors (Lipinski definition) is 4. The summed E-state index contributed by atoms with van der Waals surface area (Å²) in [5.41, 5.74) is 1.12. The van der Waals surface area contributed by atoms with Crippen LogP contribution >= 0.6 is 23.2 Å². The van der Waals surface area contributed by atoms with Crippen molar-refractivity contribution < 1.29 is 0 Å². The fraction of sp³-hybridized carbons (Fsp3) is 0.231. The van der Waals surface area contributed by atoms with Gasteiger partial charge in [-0.2, -0.15) is 9.61 Å². The zero-order chi connectivity index (χ0) is 15.4. The number of aromatic nitrogens is 5. The molecule has 1 aliphatic rings. The van der Waals surface area contributed by atoms with Crippen LogP contribution in [0.15, 0.2) is 21.9 Å². The van der Waals surface area contributed by atoms with E-state index in [9.17, 15) is 9.59 Å². The average molecular weight is 338 g/mol. The second-order valence-electron chi connectivity index (χ2n) is 5.17. The summed E-state index contributed by atoms with van der Waals surface area (Å²) < 4.78 is 1.43. The Hall–Kier alpha value is -2.12. The van der Waals surface area contributed by atoms with Gasteiger partial charge in [0, 0.05) is 11.8 Å². The van der Waals surface area contributed by atoms with Crippen LogP contribution in [0, 0.1) is 0 Å². The lowest BCUT2D eigenvalue weighted by atomic mass is 10.1. The smallest absolute Gasteiger partial charge is 0.313 e. The summed E-state index contributed by atoms with van der Waals surface area (Å²) in [5.74, 6) is 0.362. The molecule has 22 heavy (non-hydrogen) atoms. The normalized spacial score (nSPS) is 14.6. The first-order chi connectivity index (χ1) is 10.5. The number of rotatable bonds is 2. The van der Waals surface area contributed by atoms with Crippen molar-refractivity contribution in [2.24, 2.45) is 0 Å². The summed E-state index contributed by atoms with van der Waals surface area (Å²) in [6, 6.07) is 1.80. The van der Waals surface area contributed by atoms with Crippen molar-refractivity contribution in [3.05, 3.63) is 49.0 Å². The quantitative estimate of drug-likeness (QED) is 0.747. The van der Waals surface area contributed by atoms with E-state index >= 15 is 0 Å². The molecule has 0 atom stereocenters. The Kier molecular flexibility index (Phi) is 2.88. The fourth-order valence-electron chi connectivity index (χ4n) is 2.42. The minimum absolute atomic E-state index is 0.170. The van der Waals surface area contributed by atoms with Crippen LogP contribution in [0.25, 0.3) is 16.9 Å². The number of imidazole rings is 1. The zero-order valence-corrected chi connectivity index (χ0v) is 12.6. The van der Waals surface area contributed by atoms with Crippen molar-refractivity contribution in [3.8, 4) is 11.3 Å². The summed E-state index contributed by atoms with van der Waals surface area (Å²) in [4.78, 5) is 32.0. The summed E-state index contributed by atoms with van der Waals surface area (Å²) in [6.07, 6.45) is 3.42. The molecule has 2 N–H and O–H groups in total. The maximum Gasteiger partial charge on any atom is 0.325 e. The number of hydrogen-bond donors (Lipinski definition) is 2. The predicted octanol–water partition coefficient (Wildman–Crippen LogP) is 1.96. The van der Waals surface area contributed by atoms with Crippen LogP contribution in [-0.4, -0.2) is 24.6 Å². The highest BCUT2D eigenvalue weighted by atomic mass is 35.5. The van der Waals surface area contributed by atoms with Gasteiger partial charge >= 0.3 is 5.69 Å². The molecule has 0 unspecified atom stereocenters. The average Bonchev–Trinajstić information content (AvgIpc) is 3.27. The molecule has 0 bridgehead atoms. The summed E-state index contributed by atoms with van der Waals surface area (Å²) >= 11 is 12.1. The molecule has 0 radical (unpaired) electrons. The van der Waals surface area contributed by atoms with E-state index < -0.39 is 11.2 Å². The third kappa shape index (κ3) is 2.05. The third-order valence-electron chi connectivity index (χ3n) is 3.63. The molecule has 112 valence electrons. The Morgan fingerprint density at radius 3 is 2.73 bits per heavy atom. The van der Waals surface area contributed by atoms with Gasteiger partial charge in [-0.25, -0.2) is 9.78 Å². The lowest BCUT2D eigenvalue weighted by molar-refractivity contribution is 0.913. The van der Waals surface area contributed by atoms with Gasteiger partial charge in [0.2, 0.25) is 0 Å². The first-order valence-electron chi connectivity index (χ1n) is 6.61. The number of H-pyrrole nitrogens is 2. The number of halogens is 2. The first kappa shape index (κ1) is 13.5. The van der Waals surface area contributed by atoms with Crippen molar-refractivity contribution in [3.63, 3.8) is 0 Å². The van der Waals surface area contributed by atoms with E-state index in [1.807, 2.05) is 0 Å². The monoisotopic (exact) mass is 337 g/mol. The van der Waals surface area contributed by atoms with Crippen molar-refractivity contribution in [1.29, 1.82) is 0 Å². The molecule has 1 aliphatic carbocycles. The van der Waals surface area contributed by atoms with Crippen LogP contribution in [0.3, 0.4) is 0 Å². The molecule has 0 amide bonds. The largest absolute Gasteiger partial charge is 0.325 e. The second kappa shape index (κ2) is 4.69. The summed E-state index contributed by atoms with van der Waals surface area (Å²) in [7, 11) is 0. The SMILES string of the molecule is O=c1[nH]cc(-c2cc(C3CC3)c3nc(Cl)c(Cl)n3n2)c(=O)[nH]1. The van der Waals surface area contributed by atoms with Gasteiger partial charge in [0.25, 0.3) is 5.56 Å². The van der Waals surface area contributed by atoms with Gasteiger partial charge in [-0.3, -0.25) is 9.78 Å². The number of aromatic amines is 2. The molecule has 0 spiro atoms. The molecule has 3 heterocycles. The van der Waals surface area contributed by atoms with Crippen LogP contribution in [0.5, 0.6) is 0 Å². The maximum absolute atomic E-state index is 12.0. The highest BCUT2D eigenvalue weighted by molar-refractivity contribution is 6.40. The van der Waals surface area contributed by atoms with Gasteiger partial charge < -0.3 is 4.98 Å². The Morgan fingerprint density at radius 1 is 1.27 bits per heavy atom. The van der Waals surface area contributed by atoms with Crippen LogP contribution in [0.4, 0.5) is 0 Å². The van der Waals surface area contributed by atoms with Gasteiger partial charge in [0.05, 0.1) is 11.3 Å². The van der Waals surface area contributed by atoms with Crippen LogP contribution in [0.1, 0.15) is 24.3 Å². The predicted molar refractivity (Wildman–Crippen MR) is 81.7 cm³/mol. The van der Waals surface area contributed by atoms with Gasteiger partial charge in [0.1, 0.15) is 0 Å². The van der Waals surface area contributed by atoms with Gasteiger partial charge in [-0.15, -0.1) is 0 Å². The summed E-state index contributed by atoms with van der Waals surface area (Å²) in [5, 5.41) is 4.69. The molecule has 1 fully saturated rings. The van der Waals surface area contributed by atoms with E-state index in [4.69, 9.17) is 23.2 Å². The Bertz CT molecular complexity index is 1020. The van der Waals surface area contributed by atoms with E-state index in [1.54, 1.807) is 6.07 Å². The number of fused-ring (bicyclic) bond motifs is 1. The zero-order valence-electron chi connectivity index (χ0n) is 11.1. The van der Waals surface area contributed by atoms with E-state index in [0.29, 0.717) is 17.3 Å². The second-order valence-corrected chi connectivity index (χ2v) is 5.89. The molecule has 1 saturated carbocycles. The van der Waals surface area contributed by atoms with Crippen LogP contribution < -0.4 is 11.2 Å². The molecular formula is C13H9Cl2N5O2. The molecule has 0 saturated heterocycles. The highest BCUT2D eigenvalue weighted by Crippen LogP contribution is 2.43. The fourth-order valence-corrected chi connectivity index (χ4v) is 2.74. The van der Waals surface area contributed by atoms with Crippen molar-refractivity contribution in [2.75, 3.05) is 0 Å². The van der Waals surface area contributed by atoms with Gasteiger partial charge in [-0.1, -0.05) is 23.2 Å². The molecule has 3 aromatic rings. The number of nitrogens with zero attached hydrogens (tertiary/aromatic N) is 3. The van der Waals surface area contributed by atoms with Crippen LogP contribution in [-0.2, 0) is 0 Å². The van der Waals surface area contributed by atoms with Gasteiger partial charge in [-0.05, 0) is 24.8 Å². The minimum Gasteiger partial charge on any atom is -0.313 e. The lowest BCUT2D eigenvalue weighted by Crippen LogP contribution is -2.23. The van der Waals surface area contributed by atoms with Crippen LogP contribution in [0.2, 0.25) is 10.3 Å². The number of nitrogens with one attached hydrogen (secondary N) is 2. The van der Waals surface area contributed by atoms with Gasteiger partial charge in [0.15, 0.2) is 16.0 Å². The highest BCUT2D eigenvalue weighted by Gasteiger charge is 2.29. The lowest BCUT2D eigenvalue weighted by Gasteiger charge is -2.06. The van der Waals surface area contributed by atoms with E-state index in [1.165, 1.54) is 10.7 Å². The maximum atomic E-state index is 12.0. The Balaban J connectivity index is 2.04. The molecule has 9 heteroatoms. The van der Waals surface area contributed by atoms with E-state index in [2.05, 4.69) is 20.1 Å². The van der Waals surface area contributed by atoms with Crippen molar-refractivity contribution in [1.82, 2.24) is 24.6 Å². The standard InChI is InChI=1S/C13H9Cl2N5O2/c14-9-10(15)20-11(17-9)6(5-1-2-5)3-8(19-20)7-4-16-13(22)18-12(7)21/h3-5H,1-2H2,(H2,16,18,21,22). The van der Waals surface area contributed by atoms with Crippen molar-refractivity contribution in [2.45, 2.75) is 18.8 Å². The topological polar surface area (TPSA) is 95.9 Å². The third-order valence-corrected chi connectivity index (χ3v) is 4.33. The molecule has 0 aliphatic heterocycles. The first-order valence-corrected chi connectivity index (χ1v) is 7.37.